The number of anilines is 1. The highest BCUT2D eigenvalue weighted by molar-refractivity contribution is 7.10. The average Bonchev–Trinajstić information content (AvgIpc) is 3.58. The second kappa shape index (κ2) is 8.80. The third kappa shape index (κ3) is 3.64. The average molecular weight is 475 g/mol. The number of nitrogens with zero attached hydrogens (tertiary/aromatic N) is 1. The zero-order chi connectivity index (χ0) is 23.1. The van der Waals surface area contributed by atoms with Crippen molar-refractivity contribution >= 4 is 28.8 Å². The molecule has 1 aromatic heterocycles. The fourth-order valence-corrected chi connectivity index (χ4v) is 6.38. The molecule has 0 radical (unpaired) electrons. The molecule has 1 aliphatic carbocycles. The van der Waals surface area contributed by atoms with Gasteiger partial charge in [-0.05, 0) is 48.1 Å². The van der Waals surface area contributed by atoms with Gasteiger partial charge in [-0.2, -0.15) is 0 Å². The van der Waals surface area contributed by atoms with E-state index in [2.05, 4.69) is 5.32 Å². The summed E-state index contributed by atoms with van der Waals surface area (Å²) in [6, 6.07) is 16.9. The molecule has 0 saturated heterocycles. The maximum atomic E-state index is 14.0. The van der Waals surface area contributed by atoms with E-state index in [1.54, 1.807) is 17.4 Å². The summed E-state index contributed by atoms with van der Waals surface area (Å²) in [5, 5.41) is 5.13. The second-order valence-electron chi connectivity index (χ2n) is 9.02. The summed E-state index contributed by atoms with van der Waals surface area (Å²) >= 11 is 1.60. The van der Waals surface area contributed by atoms with Gasteiger partial charge in [-0.25, -0.2) is 0 Å². The van der Waals surface area contributed by atoms with Gasteiger partial charge in [-0.15, -0.1) is 11.3 Å². The van der Waals surface area contributed by atoms with Crippen LogP contribution in [0.5, 0.6) is 11.5 Å². The molecule has 3 aliphatic rings. The topological polar surface area (TPSA) is 67.9 Å². The van der Waals surface area contributed by atoms with Crippen molar-refractivity contribution in [1.82, 2.24) is 4.90 Å². The lowest BCUT2D eigenvalue weighted by Gasteiger charge is -2.44. The number of thiophene rings is 1. The van der Waals surface area contributed by atoms with E-state index in [1.165, 1.54) is 0 Å². The number of rotatable bonds is 4. The van der Waals surface area contributed by atoms with Crippen LogP contribution in [0, 0.1) is 0 Å². The minimum absolute atomic E-state index is 0.0317. The van der Waals surface area contributed by atoms with Gasteiger partial charge in [0.2, 0.25) is 5.91 Å². The Balaban J connectivity index is 1.42. The summed E-state index contributed by atoms with van der Waals surface area (Å²) in [4.78, 5) is 30.8. The molecule has 3 aromatic rings. The Morgan fingerprint density at radius 1 is 0.971 bits per heavy atom. The molecule has 0 unspecified atom stereocenters. The standard InChI is InChI=1S/C27H26N2O4S/c30-26(28-17-11-12-21-22(16-17)33-14-13-32-21)24-19-8-3-4-9-20(19)27(31)29(18-6-1-2-7-18)25(24)23-10-5-15-34-23/h3-5,8-12,15-16,18,24-25H,1-2,6-7,13-14H2,(H,28,30)/t24-,25-/m0/s1. The highest BCUT2D eigenvalue weighted by Crippen LogP contribution is 2.47. The summed E-state index contributed by atoms with van der Waals surface area (Å²) in [6.45, 7) is 1.00. The van der Waals surface area contributed by atoms with E-state index >= 15 is 0 Å². The van der Waals surface area contributed by atoms with Crippen LogP contribution in [-0.4, -0.2) is 36.0 Å². The predicted octanol–water partition coefficient (Wildman–Crippen LogP) is 5.38. The normalized spacial score (nSPS) is 21.9. The van der Waals surface area contributed by atoms with Gasteiger partial charge in [0.05, 0.1) is 12.0 Å². The Labute approximate surface area is 202 Å². The quantitative estimate of drug-likeness (QED) is 0.551. The van der Waals surface area contributed by atoms with Crippen LogP contribution in [-0.2, 0) is 4.79 Å². The van der Waals surface area contributed by atoms with E-state index in [-0.39, 0.29) is 23.9 Å². The molecule has 6 rings (SSSR count). The van der Waals surface area contributed by atoms with Crippen LogP contribution < -0.4 is 14.8 Å². The van der Waals surface area contributed by atoms with Crippen molar-refractivity contribution in [3.8, 4) is 11.5 Å². The van der Waals surface area contributed by atoms with E-state index < -0.39 is 5.92 Å². The van der Waals surface area contributed by atoms with E-state index in [4.69, 9.17) is 9.47 Å². The fraction of sp³-hybridized carbons (Fsp3) is 0.333. The number of carbonyl (C=O) groups is 2. The van der Waals surface area contributed by atoms with Crippen LogP contribution in [0.1, 0.15) is 58.4 Å². The monoisotopic (exact) mass is 474 g/mol. The van der Waals surface area contributed by atoms with E-state index in [1.807, 2.05) is 58.8 Å². The molecule has 7 heteroatoms. The van der Waals surface area contributed by atoms with Crippen LogP contribution in [0.4, 0.5) is 5.69 Å². The molecule has 0 bridgehead atoms. The van der Waals surface area contributed by atoms with Crippen LogP contribution >= 0.6 is 11.3 Å². The van der Waals surface area contributed by atoms with Crippen LogP contribution in [0.25, 0.3) is 0 Å². The Hall–Kier alpha value is -3.32. The van der Waals surface area contributed by atoms with Crippen LogP contribution in [0.3, 0.4) is 0 Å². The highest BCUT2D eigenvalue weighted by Gasteiger charge is 2.47. The molecule has 2 aliphatic heterocycles. The van der Waals surface area contributed by atoms with Gasteiger partial charge in [-0.1, -0.05) is 37.1 Å². The van der Waals surface area contributed by atoms with E-state index in [0.29, 0.717) is 36.0 Å². The third-order valence-corrected chi connectivity index (χ3v) is 7.96. The van der Waals surface area contributed by atoms with Crippen molar-refractivity contribution in [3.63, 3.8) is 0 Å². The fourth-order valence-electron chi connectivity index (χ4n) is 5.52. The molecule has 3 heterocycles. The van der Waals surface area contributed by atoms with Crippen molar-refractivity contribution in [2.75, 3.05) is 18.5 Å². The lowest BCUT2D eigenvalue weighted by Crippen LogP contribution is -2.49. The molecule has 2 aromatic carbocycles. The molecule has 2 atom stereocenters. The van der Waals surface area contributed by atoms with Crippen LogP contribution in [0.15, 0.2) is 60.0 Å². The number of hydrogen-bond acceptors (Lipinski definition) is 5. The zero-order valence-electron chi connectivity index (χ0n) is 18.7. The first kappa shape index (κ1) is 21.2. The minimum atomic E-state index is -0.513. The van der Waals surface area contributed by atoms with Crippen molar-refractivity contribution in [2.24, 2.45) is 0 Å². The summed E-state index contributed by atoms with van der Waals surface area (Å²) in [5.41, 5.74) is 2.07. The van der Waals surface area contributed by atoms with Gasteiger partial charge >= 0.3 is 0 Å². The lowest BCUT2D eigenvalue weighted by atomic mass is 9.80. The number of ether oxygens (including phenoxy) is 2. The summed E-state index contributed by atoms with van der Waals surface area (Å²) in [5.74, 6) is 0.705. The number of nitrogens with one attached hydrogen (secondary N) is 1. The van der Waals surface area contributed by atoms with Gasteiger partial charge in [0, 0.05) is 28.2 Å². The predicted molar refractivity (Wildman–Crippen MR) is 131 cm³/mol. The number of benzene rings is 2. The smallest absolute Gasteiger partial charge is 0.254 e. The summed E-state index contributed by atoms with van der Waals surface area (Å²) in [6.07, 6.45) is 4.18. The van der Waals surface area contributed by atoms with Gasteiger partial charge < -0.3 is 19.7 Å². The molecule has 6 nitrogen and oxygen atoms in total. The Kier molecular flexibility index (Phi) is 5.49. The summed E-state index contributed by atoms with van der Waals surface area (Å²) < 4.78 is 11.3. The Bertz CT molecular complexity index is 1220. The maximum Gasteiger partial charge on any atom is 0.254 e. The maximum absolute atomic E-state index is 14.0. The molecule has 1 fully saturated rings. The van der Waals surface area contributed by atoms with Crippen LogP contribution in [0.2, 0.25) is 0 Å². The van der Waals surface area contributed by atoms with Gasteiger partial charge in [0.25, 0.3) is 5.91 Å². The molecule has 174 valence electrons. The molecular formula is C27H26N2O4S. The van der Waals surface area contributed by atoms with Crippen molar-refractivity contribution < 1.29 is 19.1 Å². The van der Waals surface area contributed by atoms with Crippen molar-refractivity contribution in [1.29, 1.82) is 0 Å². The van der Waals surface area contributed by atoms with E-state index in [9.17, 15) is 9.59 Å². The number of fused-ring (bicyclic) bond motifs is 2. The lowest BCUT2D eigenvalue weighted by molar-refractivity contribution is -0.119. The Morgan fingerprint density at radius 3 is 2.56 bits per heavy atom. The van der Waals surface area contributed by atoms with Gasteiger partial charge in [-0.3, -0.25) is 9.59 Å². The third-order valence-electron chi connectivity index (χ3n) is 7.02. The molecular weight excluding hydrogens is 448 g/mol. The largest absolute Gasteiger partial charge is 0.486 e. The zero-order valence-corrected chi connectivity index (χ0v) is 19.6. The number of amides is 2. The number of carbonyl (C=O) groups excluding carboxylic acids is 2. The first-order chi connectivity index (χ1) is 16.7. The van der Waals surface area contributed by atoms with Crippen molar-refractivity contribution in [2.45, 2.75) is 43.7 Å². The van der Waals surface area contributed by atoms with Gasteiger partial charge in [0.1, 0.15) is 13.2 Å². The second-order valence-corrected chi connectivity index (χ2v) is 10.0. The van der Waals surface area contributed by atoms with Crippen molar-refractivity contribution in [3.05, 3.63) is 76.0 Å². The SMILES string of the molecule is O=C(Nc1ccc2c(c1)OCCO2)[C@H]1c2ccccc2C(=O)N(C2CCCC2)[C@H]1c1cccs1. The number of hydrogen-bond donors (Lipinski definition) is 1. The minimum Gasteiger partial charge on any atom is -0.486 e. The Morgan fingerprint density at radius 2 is 1.76 bits per heavy atom. The highest BCUT2D eigenvalue weighted by atomic mass is 32.1. The molecule has 1 saturated carbocycles. The van der Waals surface area contributed by atoms with Gasteiger partial charge in [0.15, 0.2) is 11.5 Å². The summed E-state index contributed by atoms with van der Waals surface area (Å²) in [7, 11) is 0. The first-order valence-corrected chi connectivity index (χ1v) is 12.7. The molecule has 34 heavy (non-hydrogen) atoms. The molecule has 0 spiro atoms. The molecule has 2 amide bonds. The molecule has 1 N–H and O–H groups in total. The first-order valence-electron chi connectivity index (χ1n) is 11.9. The van der Waals surface area contributed by atoms with E-state index in [0.717, 1.165) is 36.1 Å².